The standard InChI is InChI=1S/C23H34O3Si/c1-5-9-10-19-11-15-21(16-12-19)25-26-23(24)20-13-17-22(18-14-20)27(6-2,7-3)8-4/h6-7,13-14,17-19,21H,2-3,5,8-12,15-16H2,1,4H3. The third kappa shape index (κ3) is 5.66. The van der Waals surface area contributed by atoms with Crippen molar-refractivity contribution in [2.45, 2.75) is 70.9 Å². The lowest BCUT2D eigenvalue weighted by Crippen LogP contribution is -2.43. The van der Waals surface area contributed by atoms with Gasteiger partial charge in [-0.25, -0.2) is 4.79 Å². The molecule has 148 valence electrons. The van der Waals surface area contributed by atoms with Gasteiger partial charge in [0.15, 0.2) is 0 Å². The summed E-state index contributed by atoms with van der Waals surface area (Å²) in [5.41, 5.74) is 4.59. The predicted octanol–water partition coefficient (Wildman–Crippen LogP) is 5.65. The van der Waals surface area contributed by atoms with E-state index in [4.69, 9.17) is 9.78 Å². The van der Waals surface area contributed by atoms with E-state index in [0.29, 0.717) is 5.56 Å². The van der Waals surface area contributed by atoms with E-state index in [9.17, 15) is 4.79 Å². The van der Waals surface area contributed by atoms with Crippen molar-refractivity contribution in [3.8, 4) is 0 Å². The van der Waals surface area contributed by atoms with E-state index in [2.05, 4.69) is 27.0 Å². The van der Waals surface area contributed by atoms with Gasteiger partial charge >= 0.3 is 5.97 Å². The van der Waals surface area contributed by atoms with E-state index in [0.717, 1.165) is 24.8 Å². The Morgan fingerprint density at radius 3 is 2.26 bits per heavy atom. The minimum absolute atomic E-state index is 0.0350. The van der Waals surface area contributed by atoms with Crippen molar-refractivity contribution in [1.82, 2.24) is 0 Å². The molecule has 1 saturated carbocycles. The first kappa shape index (κ1) is 21.6. The summed E-state index contributed by atoms with van der Waals surface area (Å²) < 4.78 is 0. The zero-order valence-corrected chi connectivity index (χ0v) is 17.9. The molecule has 4 heteroatoms. The fourth-order valence-electron chi connectivity index (χ4n) is 3.90. The summed E-state index contributed by atoms with van der Waals surface area (Å²) in [5.74, 6) is 0.390. The molecule has 27 heavy (non-hydrogen) atoms. The van der Waals surface area contributed by atoms with Gasteiger partial charge in [-0.1, -0.05) is 61.8 Å². The summed E-state index contributed by atoms with van der Waals surface area (Å²) in [6.07, 6.45) is 8.21. The number of rotatable bonds is 10. The van der Waals surface area contributed by atoms with Gasteiger partial charge in [0.1, 0.15) is 14.2 Å². The minimum Gasteiger partial charge on any atom is -0.293 e. The van der Waals surface area contributed by atoms with Crippen molar-refractivity contribution in [3.63, 3.8) is 0 Å². The summed E-state index contributed by atoms with van der Waals surface area (Å²) in [4.78, 5) is 22.8. The average Bonchev–Trinajstić information content (AvgIpc) is 2.73. The molecule has 1 fully saturated rings. The van der Waals surface area contributed by atoms with Crippen LogP contribution in [0.4, 0.5) is 0 Å². The lowest BCUT2D eigenvalue weighted by Gasteiger charge is -2.27. The highest BCUT2D eigenvalue weighted by Gasteiger charge is 2.27. The zero-order valence-electron chi connectivity index (χ0n) is 16.9. The molecule has 0 unspecified atom stereocenters. The molecule has 0 aromatic heterocycles. The molecule has 0 saturated heterocycles. The van der Waals surface area contributed by atoms with E-state index >= 15 is 0 Å². The molecule has 0 heterocycles. The van der Waals surface area contributed by atoms with Crippen LogP contribution in [0, 0.1) is 5.92 Å². The van der Waals surface area contributed by atoms with Gasteiger partial charge in [0.05, 0.1) is 5.56 Å². The number of hydrogen-bond donors (Lipinski definition) is 0. The lowest BCUT2D eigenvalue weighted by atomic mass is 9.84. The van der Waals surface area contributed by atoms with Gasteiger partial charge in [0.2, 0.25) is 0 Å². The smallest absolute Gasteiger partial charge is 0.293 e. The van der Waals surface area contributed by atoms with Crippen LogP contribution in [0.2, 0.25) is 6.04 Å². The highest BCUT2D eigenvalue weighted by molar-refractivity contribution is 6.99. The molecule has 0 radical (unpaired) electrons. The quantitative estimate of drug-likeness (QED) is 0.296. The number of hydrogen-bond acceptors (Lipinski definition) is 3. The second-order valence-corrected chi connectivity index (χ2v) is 11.8. The monoisotopic (exact) mass is 386 g/mol. The van der Waals surface area contributed by atoms with Crippen molar-refractivity contribution in [1.29, 1.82) is 0 Å². The second-order valence-electron chi connectivity index (χ2n) is 7.63. The summed E-state index contributed by atoms with van der Waals surface area (Å²) in [5, 5.41) is 1.21. The maximum Gasteiger partial charge on any atom is 0.373 e. The van der Waals surface area contributed by atoms with E-state index in [-0.39, 0.29) is 6.10 Å². The third-order valence-electron chi connectivity index (χ3n) is 5.99. The summed E-state index contributed by atoms with van der Waals surface area (Å²) in [6, 6.07) is 8.62. The zero-order chi connectivity index (χ0) is 19.7. The fourth-order valence-corrected chi connectivity index (χ4v) is 6.31. The number of benzene rings is 1. The average molecular weight is 387 g/mol. The van der Waals surface area contributed by atoms with Crippen LogP contribution in [-0.2, 0) is 9.78 Å². The molecule has 0 atom stereocenters. The van der Waals surface area contributed by atoms with Crippen molar-refractivity contribution in [3.05, 3.63) is 54.4 Å². The van der Waals surface area contributed by atoms with Gasteiger partial charge in [-0.15, -0.1) is 13.2 Å². The first-order valence-corrected chi connectivity index (χ1v) is 12.7. The van der Waals surface area contributed by atoms with Crippen LogP contribution in [0.5, 0.6) is 0 Å². The Hall–Kier alpha value is -1.65. The molecule has 0 N–H and O–H groups in total. The largest absolute Gasteiger partial charge is 0.373 e. The fraction of sp³-hybridized carbons (Fsp3) is 0.522. The van der Waals surface area contributed by atoms with Crippen LogP contribution >= 0.6 is 0 Å². The molecule has 0 spiro atoms. The van der Waals surface area contributed by atoms with E-state index < -0.39 is 14.0 Å². The van der Waals surface area contributed by atoms with Gasteiger partial charge in [0.25, 0.3) is 0 Å². The third-order valence-corrected chi connectivity index (χ3v) is 10.0. The maximum absolute atomic E-state index is 12.3. The summed E-state index contributed by atoms with van der Waals surface area (Å²) in [7, 11) is -1.87. The summed E-state index contributed by atoms with van der Waals surface area (Å²) >= 11 is 0. The molecule has 0 bridgehead atoms. The lowest BCUT2D eigenvalue weighted by molar-refractivity contribution is -0.280. The Morgan fingerprint density at radius 1 is 1.11 bits per heavy atom. The Balaban J connectivity index is 1.85. The van der Waals surface area contributed by atoms with Crippen LogP contribution in [0.25, 0.3) is 0 Å². The maximum atomic E-state index is 12.3. The minimum atomic E-state index is -1.87. The van der Waals surface area contributed by atoms with Crippen LogP contribution in [0.3, 0.4) is 0 Å². The number of carbonyl (C=O) groups excluding carboxylic acids is 1. The van der Waals surface area contributed by atoms with Crippen molar-refractivity contribution < 1.29 is 14.6 Å². The molecule has 0 aliphatic heterocycles. The highest BCUT2D eigenvalue weighted by atomic mass is 28.3. The molecule has 0 amide bonds. The topological polar surface area (TPSA) is 35.5 Å². The number of carbonyl (C=O) groups is 1. The van der Waals surface area contributed by atoms with Gasteiger partial charge in [-0.3, -0.25) is 4.89 Å². The summed E-state index contributed by atoms with van der Waals surface area (Å²) in [6.45, 7) is 12.4. The first-order chi connectivity index (χ1) is 13.1. The molecule has 2 rings (SSSR count). The van der Waals surface area contributed by atoms with Crippen LogP contribution < -0.4 is 5.19 Å². The van der Waals surface area contributed by atoms with Crippen molar-refractivity contribution in [2.75, 3.05) is 0 Å². The highest BCUT2D eigenvalue weighted by Crippen LogP contribution is 2.30. The van der Waals surface area contributed by atoms with Gasteiger partial charge < -0.3 is 0 Å². The molecular weight excluding hydrogens is 352 g/mol. The molecule has 1 aliphatic carbocycles. The van der Waals surface area contributed by atoms with Crippen LogP contribution in [0.15, 0.2) is 48.8 Å². The second kappa shape index (κ2) is 10.6. The molecule has 3 nitrogen and oxygen atoms in total. The molecular formula is C23H34O3Si. The van der Waals surface area contributed by atoms with Gasteiger partial charge in [-0.05, 0) is 49.8 Å². The van der Waals surface area contributed by atoms with Crippen LogP contribution in [0.1, 0.15) is 69.2 Å². The van der Waals surface area contributed by atoms with E-state index in [1.165, 1.54) is 37.3 Å². The van der Waals surface area contributed by atoms with Crippen molar-refractivity contribution in [2.24, 2.45) is 5.92 Å². The Kier molecular flexibility index (Phi) is 8.52. The molecule has 1 aromatic carbocycles. The van der Waals surface area contributed by atoms with Gasteiger partial charge in [-0.2, -0.15) is 4.89 Å². The van der Waals surface area contributed by atoms with E-state index in [1.54, 1.807) is 0 Å². The number of unbranched alkanes of at least 4 members (excludes halogenated alkanes) is 1. The van der Waals surface area contributed by atoms with Crippen LogP contribution in [-0.4, -0.2) is 20.1 Å². The van der Waals surface area contributed by atoms with Gasteiger partial charge in [0, 0.05) is 0 Å². The Morgan fingerprint density at radius 2 is 1.74 bits per heavy atom. The van der Waals surface area contributed by atoms with E-state index in [1.807, 2.05) is 35.7 Å². The Bertz CT molecular complexity index is 607. The normalized spacial score (nSPS) is 20.1. The molecule has 1 aromatic rings. The predicted molar refractivity (Wildman–Crippen MR) is 114 cm³/mol. The Labute approximate surface area is 165 Å². The first-order valence-electron chi connectivity index (χ1n) is 10.3. The SMILES string of the molecule is C=C[Si](C=C)(CC)c1ccc(C(=O)OOC2CCC(CCCC)CC2)cc1. The molecule has 1 aliphatic rings. The van der Waals surface area contributed by atoms with Crippen molar-refractivity contribution >= 4 is 19.2 Å².